The fourth-order valence-corrected chi connectivity index (χ4v) is 4.31. The molecule has 4 aromatic carbocycles. The van der Waals surface area contributed by atoms with Gasteiger partial charge in [-0.25, -0.2) is 9.59 Å². The zero-order valence-electron chi connectivity index (χ0n) is 18.9. The predicted molar refractivity (Wildman–Crippen MR) is 133 cm³/mol. The van der Waals surface area contributed by atoms with E-state index in [1.165, 1.54) is 0 Å². The van der Waals surface area contributed by atoms with Crippen LogP contribution in [0.4, 0.5) is 0 Å². The molecule has 0 amide bonds. The first-order chi connectivity index (χ1) is 16.6. The molecule has 0 fully saturated rings. The van der Waals surface area contributed by atoms with Gasteiger partial charge in [0.15, 0.2) is 0 Å². The average molecular weight is 450 g/mol. The maximum absolute atomic E-state index is 12.9. The van der Waals surface area contributed by atoms with Gasteiger partial charge in [0.2, 0.25) is 0 Å². The van der Waals surface area contributed by atoms with Gasteiger partial charge in [-0.05, 0) is 67.1 Å². The number of rotatable bonds is 5. The van der Waals surface area contributed by atoms with Crippen molar-refractivity contribution >= 4 is 33.6 Å². The Hall–Kier alpha value is -4.38. The summed E-state index contributed by atoms with van der Waals surface area (Å²) in [7, 11) is 0. The summed E-state index contributed by atoms with van der Waals surface area (Å²) in [5.74, 6) is -0.499. The summed E-state index contributed by atoms with van der Waals surface area (Å²) in [4.78, 5) is 25.8. The van der Waals surface area contributed by atoms with Gasteiger partial charge >= 0.3 is 11.9 Å². The van der Waals surface area contributed by atoms with Crippen LogP contribution in [-0.2, 0) is 4.74 Å². The zero-order chi connectivity index (χ0) is 23.7. The second-order valence-corrected chi connectivity index (χ2v) is 7.98. The van der Waals surface area contributed by atoms with Crippen molar-refractivity contribution in [2.24, 2.45) is 0 Å². The molecule has 5 nitrogen and oxygen atoms in total. The summed E-state index contributed by atoms with van der Waals surface area (Å²) in [6.07, 6.45) is 0. The van der Waals surface area contributed by atoms with Crippen molar-refractivity contribution in [3.8, 4) is 11.4 Å². The Bertz CT molecular complexity index is 1530. The molecule has 0 aliphatic heterocycles. The summed E-state index contributed by atoms with van der Waals surface area (Å²) in [6.45, 7) is 3.94. The second kappa shape index (κ2) is 8.87. The van der Waals surface area contributed by atoms with Crippen molar-refractivity contribution < 1.29 is 19.1 Å². The summed E-state index contributed by atoms with van der Waals surface area (Å²) in [5, 5.41) is 2.69. The maximum atomic E-state index is 12.9. The third kappa shape index (κ3) is 3.82. The number of nitrogens with zero attached hydrogens (tertiary/aromatic N) is 1. The highest BCUT2D eigenvalue weighted by Gasteiger charge is 2.23. The molecule has 168 valence electrons. The van der Waals surface area contributed by atoms with E-state index in [1.807, 2.05) is 84.3 Å². The lowest BCUT2D eigenvalue weighted by Gasteiger charge is -2.09. The minimum atomic E-state index is -0.456. The number of ether oxygens (including phenoxy) is 2. The molecule has 5 heteroatoms. The van der Waals surface area contributed by atoms with Crippen LogP contribution in [0.1, 0.15) is 33.3 Å². The molecule has 1 heterocycles. The largest absolute Gasteiger partial charge is 0.462 e. The van der Waals surface area contributed by atoms with Crippen LogP contribution in [-0.4, -0.2) is 23.1 Å². The normalized spacial score (nSPS) is 11.0. The van der Waals surface area contributed by atoms with Gasteiger partial charge in [-0.1, -0.05) is 48.5 Å². The number of fused-ring (bicyclic) bond motifs is 2. The Kier molecular flexibility index (Phi) is 5.60. The first-order valence-electron chi connectivity index (χ1n) is 11.2. The summed E-state index contributed by atoms with van der Waals surface area (Å²) >= 11 is 0. The van der Waals surface area contributed by atoms with Crippen LogP contribution in [0, 0.1) is 6.92 Å². The van der Waals surface area contributed by atoms with Crippen molar-refractivity contribution in [3.05, 3.63) is 108 Å². The van der Waals surface area contributed by atoms with E-state index in [1.54, 1.807) is 25.1 Å². The third-order valence-corrected chi connectivity index (χ3v) is 5.87. The predicted octanol–water partition coefficient (Wildman–Crippen LogP) is 6.49. The highest BCUT2D eigenvalue weighted by molar-refractivity contribution is 6.07. The molecule has 0 aliphatic carbocycles. The number of para-hydroxylation sites is 1. The number of hydrogen-bond donors (Lipinski definition) is 0. The standard InChI is InChI=1S/C29H23NO4/c1-3-33-29(32)27-19(2)30(23-11-5-4-6-12-23)26-16-15-24(18-25(26)27)34-28(31)22-14-13-20-9-7-8-10-21(20)17-22/h4-18H,3H2,1-2H3. The van der Waals surface area contributed by atoms with E-state index >= 15 is 0 Å². The Morgan fingerprint density at radius 3 is 2.29 bits per heavy atom. The third-order valence-electron chi connectivity index (χ3n) is 5.87. The zero-order valence-corrected chi connectivity index (χ0v) is 18.9. The molecule has 5 rings (SSSR count). The fourth-order valence-electron chi connectivity index (χ4n) is 4.31. The van der Waals surface area contributed by atoms with E-state index in [-0.39, 0.29) is 6.61 Å². The molecule has 0 unspecified atom stereocenters. The summed E-state index contributed by atoms with van der Waals surface area (Å²) < 4.78 is 13.1. The Labute approximate surface area is 197 Å². The first-order valence-corrected chi connectivity index (χ1v) is 11.2. The van der Waals surface area contributed by atoms with Gasteiger partial charge in [-0.2, -0.15) is 0 Å². The van der Waals surface area contributed by atoms with E-state index in [2.05, 4.69) is 0 Å². The second-order valence-electron chi connectivity index (χ2n) is 7.98. The Morgan fingerprint density at radius 2 is 1.53 bits per heavy atom. The molecular formula is C29H23NO4. The maximum Gasteiger partial charge on any atom is 0.343 e. The molecule has 0 atom stereocenters. The van der Waals surface area contributed by atoms with Crippen LogP contribution >= 0.6 is 0 Å². The van der Waals surface area contributed by atoms with E-state index in [0.717, 1.165) is 27.7 Å². The number of hydrogen-bond acceptors (Lipinski definition) is 4. The van der Waals surface area contributed by atoms with E-state index < -0.39 is 11.9 Å². The minimum Gasteiger partial charge on any atom is -0.462 e. The average Bonchev–Trinajstić information content (AvgIpc) is 3.15. The van der Waals surface area contributed by atoms with E-state index in [0.29, 0.717) is 22.3 Å². The Morgan fingerprint density at radius 1 is 0.794 bits per heavy atom. The molecule has 0 spiro atoms. The first kappa shape index (κ1) is 21.5. The highest BCUT2D eigenvalue weighted by Crippen LogP contribution is 2.33. The molecule has 0 saturated carbocycles. The lowest BCUT2D eigenvalue weighted by molar-refractivity contribution is 0.0527. The summed E-state index contributed by atoms with van der Waals surface area (Å²) in [5.41, 5.74) is 3.45. The van der Waals surface area contributed by atoms with Gasteiger partial charge in [0, 0.05) is 16.8 Å². The minimum absolute atomic E-state index is 0.271. The molecule has 0 N–H and O–H groups in total. The van der Waals surface area contributed by atoms with Gasteiger partial charge in [0.1, 0.15) is 5.75 Å². The van der Waals surface area contributed by atoms with Crippen LogP contribution in [0.15, 0.2) is 91.0 Å². The number of carbonyl (C=O) groups is 2. The molecule has 0 radical (unpaired) electrons. The van der Waals surface area contributed by atoms with Gasteiger partial charge in [-0.3, -0.25) is 0 Å². The molecule has 0 bridgehead atoms. The number of carbonyl (C=O) groups excluding carboxylic acids is 2. The van der Waals surface area contributed by atoms with Crippen LogP contribution < -0.4 is 4.74 Å². The molecular weight excluding hydrogens is 426 g/mol. The quantitative estimate of drug-likeness (QED) is 0.227. The smallest absolute Gasteiger partial charge is 0.343 e. The van der Waals surface area contributed by atoms with Crippen molar-refractivity contribution in [2.45, 2.75) is 13.8 Å². The molecule has 0 saturated heterocycles. The van der Waals surface area contributed by atoms with Crippen LogP contribution in [0.3, 0.4) is 0 Å². The Balaban J connectivity index is 1.57. The van der Waals surface area contributed by atoms with Crippen molar-refractivity contribution in [1.82, 2.24) is 4.57 Å². The SMILES string of the molecule is CCOC(=O)c1c(C)n(-c2ccccc2)c2ccc(OC(=O)c3ccc4ccccc4c3)cc12. The lowest BCUT2D eigenvalue weighted by Crippen LogP contribution is -2.08. The number of benzene rings is 4. The fraction of sp³-hybridized carbons (Fsp3) is 0.103. The van der Waals surface area contributed by atoms with E-state index in [9.17, 15) is 9.59 Å². The molecule has 1 aromatic heterocycles. The molecule has 34 heavy (non-hydrogen) atoms. The summed E-state index contributed by atoms with van der Waals surface area (Å²) in [6, 6.07) is 28.5. The number of esters is 2. The van der Waals surface area contributed by atoms with Gasteiger partial charge in [0.25, 0.3) is 0 Å². The van der Waals surface area contributed by atoms with Gasteiger partial charge in [0.05, 0.1) is 23.3 Å². The van der Waals surface area contributed by atoms with Crippen molar-refractivity contribution in [2.75, 3.05) is 6.61 Å². The van der Waals surface area contributed by atoms with Crippen LogP contribution in [0.25, 0.3) is 27.4 Å². The van der Waals surface area contributed by atoms with Crippen LogP contribution in [0.2, 0.25) is 0 Å². The highest BCUT2D eigenvalue weighted by atomic mass is 16.5. The monoisotopic (exact) mass is 449 g/mol. The topological polar surface area (TPSA) is 57.5 Å². The lowest BCUT2D eigenvalue weighted by atomic mass is 10.1. The molecule has 0 aliphatic rings. The molecule has 5 aromatic rings. The number of aromatic nitrogens is 1. The van der Waals surface area contributed by atoms with Gasteiger partial charge in [-0.15, -0.1) is 0 Å². The van der Waals surface area contributed by atoms with Gasteiger partial charge < -0.3 is 14.0 Å². The van der Waals surface area contributed by atoms with Crippen LogP contribution in [0.5, 0.6) is 5.75 Å². The van der Waals surface area contributed by atoms with Crippen molar-refractivity contribution in [1.29, 1.82) is 0 Å². The van der Waals surface area contributed by atoms with E-state index in [4.69, 9.17) is 9.47 Å². The van der Waals surface area contributed by atoms with Crippen molar-refractivity contribution in [3.63, 3.8) is 0 Å².